The van der Waals surface area contributed by atoms with E-state index in [0.29, 0.717) is 29.8 Å². The Morgan fingerprint density at radius 2 is 1.81 bits per heavy atom. The maximum atomic E-state index is 12.1. The van der Waals surface area contributed by atoms with Crippen LogP contribution in [0.2, 0.25) is 0 Å². The highest BCUT2D eigenvalue weighted by Gasteiger charge is 2.09. The summed E-state index contributed by atoms with van der Waals surface area (Å²) < 4.78 is 6.69. The lowest BCUT2D eigenvalue weighted by atomic mass is 10.2. The molecule has 7 heteroatoms. The summed E-state index contributed by atoms with van der Waals surface area (Å²) in [6.45, 7) is 0.402. The van der Waals surface area contributed by atoms with E-state index in [1.165, 1.54) is 4.57 Å². The van der Waals surface area contributed by atoms with Gasteiger partial charge in [0, 0.05) is 31.3 Å². The number of aromatic nitrogens is 1. The van der Waals surface area contributed by atoms with Crippen LogP contribution in [-0.2, 0) is 11.3 Å². The molecular formula is C19H19N3O4. The second-order valence-electron chi connectivity index (χ2n) is 5.80. The average Bonchev–Trinajstić information content (AvgIpc) is 2.97. The molecule has 0 aliphatic carbocycles. The third-order valence-electron chi connectivity index (χ3n) is 4.02. The molecule has 2 N–H and O–H groups in total. The molecule has 0 fully saturated rings. The van der Waals surface area contributed by atoms with E-state index >= 15 is 0 Å². The van der Waals surface area contributed by atoms with Crippen molar-refractivity contribution in [3.8, 4) is 0 Å². The van der Waals surface area contributed by atoms with Crippen LogP contribution in [0.15, 0.2) is 57.7 Å². The van der Waals surface area contributed by atoms with Gasteiger partial charge >= 0.3 is 5.76 Å². The first-order valence-corrected chi connectivity index (χ1v) is 8.29. The number of nitrogens with one attached hydrogen (secondary N) is 2. The number of anilines is 1. The van der Waals surface area contributed by atoms with E-state index in [1.807, 2.05) is 12.1 Å². The molecule has 7 nitrogen and oxygen atoms in total. The van der Waals surface area contributed by atoms with Gasteiger partial charge in [-0.3, -0.25) is 14.2 Å². The largest absolute Gasteiger partial charge is 0.419 e. The third-order valence-corrected chi connectivity index (χ3v) is 4.02. The fourth-order valence-corrected chi connectivity index (χ4v) is 2.70. The van der Waals surface area contributed by atoms with Crippen LogP contribution in [0.25, 0.3) is 11.1 Å². The van der Waals surface area contributed by atoms with Crippen LogP contribution >= 0.6 is 0 Å². The summed E-state index contributed by atoms with van der Waals surface area (Å²) in [5.74, 6) is -0.754. The van der Waals surface area contributed by atoms with Gasteiger partial charge in [-0.25, -0.2) is 4.79 Å². The number of rotatable bonds is 6. The average molecular weight is 353 g/mol. The number of hydrogen-bond acceptors (Lipinski definition) is 4. The van der Waals surface area contributed by atoms with Crippen molar-refractivity contribution in [2.24, 2.45) is 0 Å². The van der Waals surface area contributed by atoms with E-state index in [1.54, 1.807) is 43.4 Å². The molecule has 0 bridgehead atoms. The number of amides is 2. The van der Waals surface area contributed by atoms with Gasteiger partial charge in [-0.15, -0.1) is 0 Å². The predicted molar refractivity (Wildman–Crippen MR) is 98.2 cm³/mol. The predicted octanol–water partition coefficient (Wildman–Crippen LogP) is 2.37. The second-order valence-corrected chi connectivity index (χ2v) is 5.80. The van der Waals surface area contributed by atoms with Gasteiger partial charge in [0.15, 0.2) is 5.58 Å². The second kappa shape index (κ2) is 7.69. The minimum atomic E-state index is -0.420. The highest BCUT2D eigenvalue weighted by atomic mass is 16.4. The van der Waals surface area contributed by atoms with Crippen LogP contribution in [0.5, 0.6) is 0 Å². The molecule has 2 amide bonds. The standard InChI is InChI=1S/C19H19N3O4/c1-20-18(24)13-8-10-14(11-9-13)21-17(23)7-4-12-22-15-5-2-3-6-16(15)26-19(22)25/h2-3,5-6,8-11H,4,7,12H2,1H3,(H,20,24)(H,21,23). The molecular weight excluding hydrogens is 334 g/mol. The Bertz CT molecular complexity index is 986. The molecule has 3 rings (SSSR count). The molecule has 1 heterocycles. The monoisotopic (exact) mass is 353 g/mol. The van der Waals surface area contributed by atoms with Crippen molar-refractivity contribution in [3.63, 3.8) is 0 Å². The zero-order valence-corrected chi connectivity index (χ0v) is 14.3. The molecule has 2 aromatic carbocycles. The number of oxazole rings is 1. The van der Waals surface area contributed by atoms with E-state index in [4.69, 9.17) is 4.42 Å². The Hall–Kier alpha value is -3.35. The Labute approximate surface area is 149 Å². The van der Waals surface area contributed by atoms with Crippen LogP contribution in [0, 0.1) is 0 Å². The highest BCUT2D eigenvalue weighted by molar-refractivity contribution is 5.95. The van der Waals surface area contributed by atoms with Gasteiger partial charge in [-0.1, -0.05) is 12.1 Å². The molecule has 134 valence electrons. The van der Waals surface area contributed by atoms with Crippen LogP contribution in [0.1, 0.15) is 23.2 Å². The van der Waals surface area contributed by atoms with E-state index < -0.39 is 5.76 Å². The summed E-state index contributed by atoms with van der Waals surface area (Å²) in [5.41, 5.74) is 2.41. The highest BCUT2D eigenvalue weighted by Crippen LogP contribution is 2.13. The molecule has 0 aliphatic heterocycles. The van der Waals surface area contributed by atoms with Gasteiger partial charge in [-0.05, 0) is 42.8 Å². The number of nitrogens with zero attached hydrogens (tertiary/aromatic N) is 1. The molecule has 0 spiro atoms. The normalized spacial score (nSPS) is 10.7. The van der Waals surface area contributed by atoms with Gasteiger partial charge in [0.2, 0.25) is 5.91 Å². The van der Waals surface area contributed by atoms with E-state index in [0.717, 1.165) is 5.52 Å². The van der Waals surface area contributed by atoms with Crippen molar-refractivity contribution >= 4 is 28.6 Å². The Kier molecular flexibility index (Phi) is 5.17. The van der Waals surface area contributed by atoms with Gasteiger partial charge < -0.3 is 15.1 Å². The minimum absolute atomic E-state index is 0.154. The maximum Gasteiger partial charge on any atom is 0.419 e. The van der Waals surface area contributed by atoms with Gasteiger partial charge in [0.25, 0.3) is 5.91 Å². The van der Waals surface area contributed by atoms with E-state index in [-0.39, 0.29) is 18.2 Å². The van der Waals surface area contributed by atoms with Gasteiger partial charge in [-0.2, -0.15) is 0 Å². The number of aryl methyl sites for hydroxylation is 1. The minimum Gasteiger partial charge on any atom is -0.408 e. The lowest BCUT2D eigenvalue weighted by molar-refractivity contribution is -0.116. The Morgan fingerprint density at radius 1 is 1.08 bits per heavy atom. The molecule has 0 unspecified atom stereocenters. The Balaban J connectivity index is 1.55. The van der Waals surface area contributed by atoms with E-state index in [2.05, 4.69) is 10.6 Å². The van der Waals surface area contributed by atoms with Crippen molar-refractivity contribution in [1.29, 1.82) is 0 Å². The number of hydrogen-bond donors (Lipinski definition) is 2. The first-order chi connectivity index (χ1) is 12.6. The molecule has 0 radical (unpaired) electrons. The first-order valence-electron chi connectivity index (χ1n) is 8.29. The van der Waals surface area contributed by atoms with Crippen LogP contribution in [-0.4, -0.2) is 23.4 Å². The fourth-order valence-electron chi connectivity index (χ4n) is 2.70. The molecule has 0 aliphatic rings. The van der Waals surface area contributed by atoms with Gasteiger partial charge in [0.1, 0.15) is 0 Å². The zero-order valence-electron chi connectivity index (χ0n) is 14.3. The molecule has 3 aromatic rings. The molecule has 0 saturated carbocycles. The van der Waals surface area contributed by atoms with Crippen LogP contribution in [0.4, 0.5) is 5.69 Å². The molecule has 0 atom stereocenters. The summed E-state index contributed by atoms with van der Waals surface area (Å²) in [4.78, 5) is 35.4. The van der Waals surface area contributed by atoms with Crippen molar-refractivity contribution < 1.29 is 14.0 Å². The van der Waals surface area contributed by atoms with Crippen molar-refractivity contribution in [2.45, 2.75) is 19.4 Å². The number of para-hydroxylation sites is 2. The molecule has 1 aromatic heterocycles. The third kappa shape index (κ3) is 3.83. The van der Waals surface area contributed by atoms with E-state index in [9.17, 15) is 14.4 Å². The first kappa shape index (κ1) is 17.5. The maximum absolute atomic E-state index is 12.1. The topological polar surface area (TPSA) is 93.3 Å². The summed E-state index contributed by atoms with van der Waals surface area (Å²) in [6.07, 6.45) is 0.773. The van der Waals surface area contributed by atoms with Crippen LogP contribution in [0.3, 0.4) is 0 Å². The smallest absolute Gasteiger partial charge is 0.408 e. The number of fused-ring (bicyclic) bond motifs is 1. The quantitative estimate of drug-likeness (QED) is 0.711. The summed E-state index contributed by atoms with van der Waals surface area (Å²) in [7, 11) is 1.56. The summed E-state index contributed by atoms with van der Waals surface area (Å²) in [6, 6.07) is 13.8. The summed E-state index contributed by atoms with van der Waals surface area (Å²) >= 11 is 0. The SMILES string of the molecule is CNC(=O)c1ccc(NC(=O)CCCn2c(=O)oc3ccccc32)cc1. The van der Waals surface area contributed by atoms with Crippen molar-refractivity contribution in [3.05, 3.63) is 64.6 Å². The number of carbonyl (C=O) groups is 2. The zero-order chi connectivity index (χ0) is 18.5. The van der Waals surface area contributed by atoms with Crippen molar-refractivity contribution in [1.82, 2.24) is 9.88 Å². The Morgan fingerprint density at radius 3 is 2.54 bits per heavy atom. The lowest BCUT2D eigenvalue weighted by Crippen LogP contribution is -2.18. The molecule has 26 heavy (non-hydrogen) atoms. The van der Waals surface area contributed by atoms with Crippen LogP contribution < -0.4 is 16.4 Å². The number of carbonyl (C=O) groups excluding carboxylic acids is 2. The fraction of sp³-hybridized carbons (Fsp3) is 0.211. The number of benzene rings is 2. The van der Waals surface area contributed by atoms with Gasteiger partial charge in [0.05, 0.1) is 5.52 Å². The summed E-state index contributed by atoms with van der Waals surface area (Å²) in [5, 5.41) is 5.31. The lowest BCUT2D eigenvalue weighted by Gasteiger charge is -2.07. The van der Waals surface area contributed by atoms with Crippen molar-refractivity contribution in [2.75, 3.05) is 12.4 Å². The molecule has 0 saturated heterocycles.